The Morgan fingerprint density at radius 1 is 1.00 bits per heavy atom. The fourth-order valence-electron chi connectivity index (χ4n) is 3.37. The summed E-state index contributed by atoms with van der Waals surface area (Å²) < 4.78 is 65.6. The van der Waals surface area contributed by atoms with Crippen molar-refractivity contribution in [2.75, 3.05) is 30.9 Å². The zero-order valence-electron chi connectivity index (χ0n) is 16.8. The second-order valence-corrected chi connectivity index (χ2v) is 9.05. The molecule has 0 bridgehead atoms. The van der Waals surface area contributed by atoms with E-state index in [1.807, 2.05) is 0 Å². The zero-order valence-corrected chi connectivity index (χ0v) is 17.6. The number of amides is 1. The second-order valence-electron chi connectivity index (χ2n) is 7.37. The zero-order chi connectivity index (χ0) is 22.5. The molecule has 0 aliphatic carbocycles. The van der Waals surface area contributed by atoms with Crippen LogP contribution in [0.5, 0.6) is 0 Å². The van der Waals surface area contributed by atoms with E-state index in [4.69, 9.17) is 0 Å². The van der Waals surface area contributed by atoms with Crippen LogP contribution in [0.1, 0.15) is 35.2 Å². The summed E-state index contributed by atoms with van der Waals surface area (Å²) in [4.78, 5) is 14.4. The Morgan fingerprint density at radius 3 is 2.32 bits per heavy atom. The number of anilines is 1. The van der Waals surface area contributed by atoms with Crippen LogP contribution in [-0.4, -0.2) is 45.4 Å². The van der Waals surface area contributed by atoms with Crippen molar-refractivity contribution < 1.29 is 26.4 Å². The first kappa shape index (κ1) is 23.1. The van der Waals surface area contributed by atoms with Gasteiger partial charge in [-0.1, -0.05) is 12.5 Å². The van der Waals surface area contributed by atoms with Gasteiger partial charge in [0.15, 0.2) is 0 Å². The number of nitrogens with one attached hydrogen (secondary N) is 2. The van der Waals surface area contributed by atoms with E-state index < -0.39 is 21.8 Å². The lowest BCUT2D eigenvalue weighted by molar-refractivity contribution is -0.137. The van der Waals surface area contributed by atoms with Crippen LogP contribution in [0, 0.1) is 0 Å². The van der Waals surface area contributed by atoms with Gasteiger partial charge in [-0.15, -0.1) is 0 Å². The van der Waals surface area contributed by atoms with Crippen LogP contribution in [0.15, 0.2) is 53.4 Å². The molecule has 1 fully saturated rings. The first-order valence-corrected chi connectivity index (χ1v) is 11.4. The maximum absolute atomic E-state index is 12.8. The third-order valence-electron chi connectivity index (χ3n) is 5.03. The second kappa shape index (κ2) is 9.69. The largest absolute Gasteiger partial charge is 0.416 e. The standard InChI is InChI=1S/C21H24F3N3O3S/c22-21(23,24)17-5-4-6-18(15-17)26-31(29,30)19-9-7-16(8-10-19)20(28)25-11-14-27-12-2-1-3-13-27/h4-10,15,26H,1-3,11-14H2,(H,25,28). The maximum atomic E-state index is 12.8. The molecule has 2 N–H and O–H groups in total. The Bertz CT molecular complexity index is 1000. The molecule has 0 radical (unpaired) electrons. The minimum Gasteiger partial charge on any atom is -0.351 e. The minimum atomic E-state index is -4.58. The summed E-state index contributed by atoms with van der Waals surface area (Å²) in [6.07, 6.45) is -1.01. The summed E-state index contributed by atoms with van der Waals surface area (Å²) >= 11 is 0. The van der Waals surface area contributed by atoms with Crippen LogP contribution in [-0.2, 0) is 16.2 Å². The van der Waals surface area contributed by atoms with Crippen molar-refractivity contribution in [1.29, 1.82) is 0 Å². The summed E-state index contributed by atoms with van der Waals surface area (Å²) in [6.45, 7) is 3.32. The van der Waals surface area contributed by atoms with Gasteiger partial charge in [-0.2, -0.15) is 13.2 Å². The molecule has 0 spiro atoms. The number of carbonyl (C=O) groups is 1. The highest BCUT2D eigenvalue weighted by Gasteiger charge is 2.30. The van der Waals surface area contributed by atoms with Gasteiger partial charge in [-0.25, -0.2) is 8.42 Å². The average molecular weight is 456 g/mol. The molecule has 10 heteroatoms. The maximum Gasteiger partial charge on any atom is 0.416 e. The number of hydrogen-bond donors (Lipinski definition) is 2. The normalized spacial score (nSPS) is 15.5. The van der Waals surface area contributed by atoms with E-state index in [2.05, 4.69) is 14.9 Å². The molecule has 1 amide bonds. The SMILES string of the molecule is O=C(NCCN1CCCCC1)c1ccc(S(=O)(=O)Nc2cccc(C(F)(F)F)c2)cc1. The van der Waals surface area contributed by atoms with Crippen molar-refractivity contribution in [3.63, 3.8) is 0 Å². The van der Waals surface area contributed by atoms with Crippen molar-refractivity contribution in [3.8, 4) is 0 Å². The number of halogens is 3. The Hall–Kier alpha value is -2.59. The van der Waals surface area contributed by atoms with E-state index in [0.29, 0.717) is 12.1 Å². The molecule has 1 aliphatic rings. The van der Waals surface area contributed by atoms with Crippen LogP contribution in [0.25, 0.3) is 0 Å². The number of hydrogen-bond acceptors (Lipinski definition) is 4. The number of nitrogens with zero attached hydrogens (tertiary/aromatic N) is 1. The Morgan fingerprint density at radius 2 is 1.68 bits per heavy atom. The van der Waals surface area contributed by atoms with E-state index in [1.54, 1.807) is 0 Å². The van der Waals surface area contributed by atoms with Crippen molar-refractivity contribution in [2.24, 2.45) is 0 Å². The lowest BCUT2D eigenvalue weighted by Gasteiger charge is -2.26. The summed E-state index contributed by atoms with van der Waals surface area (Å²) in [7, 11) is -4.11. The number of carbonyl (C=O) groups excluding carboxylic acids is 1. The number of sulfonamides is 1. The molecular formula is C21H24F3N3O3S. The van der Waals surface area contributed by atoms with Crippen LogP contribution >= 0.6 is 0 Å². The number of rotatable bonds is 7. The van der Waals surface area contributed by atoms with Crippen molar-refractivity contribution in [3.05, 3.63) is 59.7 Å². The fraction of sp³-hybridized carbons (Fsp3) is 0.381. The number of alkyl halides is 3. The third-order valence-corrected chi connectivity index (χ3v) is 6.43. The van der Waals surface area contributed by atoms with Gasteiger partial charge in [0.25, 0.3) is 15.9 Å². The highest BCUT2D eigenvalue weighted by Crippen LogP contribution is 2.31. The predicted molar refractivity (Wildman–Crippen MR) is 111 cm³/mol. The van der Waals surface area contributed by atoms with Gasteiger partial charge in [0.2, 0.25) is 0 Å². The molecule has 31 heavy (non-hydrogen) atoms. The van der Waals surface area contributed by atoms with E-state index in [9.17, 15) is 26.4 Å². The molecule has 1 saturated heterocycles. The Balaban J connectivity index is 1.60. The summed E-state index contributed by atoms with van der Waals surface area (Å²) in [5.74, 6) is -0.313. The van der Waals surface area contributed by atoms with Gasteiger partial charge in [-0.05, 0) is 68.4 Å². The molecule has 168 valence electrons. The van der Waals surface area contributed by atoms with Gasteiger partial charge >= 0.3 is 6.18 Å². The lowest BCUT2D eigenvalue weighted by atomic mass is 10.1. The summed E-state index contributed by atoms with van der Waals surface area (Å²) in [6, 6.07) is 9.17. The monoisotopic (exact) mass is 455 g/mol. The van der Waals surface area contributed by atoms with E-state index in [0.717, 1.165) is 37.8 Å². The molecule has 2 aromatic rings. The van der Waals surface area contributed by atoms with Gasteiger partial charge in [0, 0.05) is 24.3 Å². The number of likely N-dealkylation sites (tertiary alicyclic amines) is 1. The summed E-state index contributed by atoms with van der Waals surface area (Å²) in [5.41, 5.74) is -0.852. The summed E-state index contributed by atoms with van der Waals surface area (Å²) in [5, 5.41) is 2.81. The fourth-order valence-corrected chi connectivity index (χ4v) is 4.42. The van der Waals surface area contributed by atoms with Crippen LogP contribution in [0.3, 0.4) is 0 Å². The molecule has 0 aromatic heterocycles. The minimum absolute atomic E-state index is 0.158. The quantitative estimate of drug-likeness (QED) is 0.667. The highest BCUT2D eigenvalue weighted by molar-refractivity contribution is 7.92. The topological polar surface area (TPSA) is 78.5 Å². The first-order chi connectivity index (χ1) is 14.6. The molecule has 0 unspecified atom stereocenters. The van der Waals surface area contributed by atoms with Gasteiger partial charge in [0.05, 0.1) is 10.5 Å². The van der Waals surface area contributed by atoms with Gasteiger partial charge in [0.1, 0.15) is 0 Å². The molecule has 3 rings (SSSR count). The van der Waals surface area contributed by atoms with Crippen LogP contribution in [0.4, 0.5) is 18.9 Å². The lowest BCUT2D eigenvalue weighted by Crippen LogP contribution is -2.37. The molecule has 0 saturated carbocycles. The number of benzene rings is 2. The Kier molecular flexibility index (Phi) is 7.22. The third kappa shape index (κ3) is 6.44. The molecule has 2 aromatic carbocycles. The molecular weight excluding hydrogens is 431 g/mol. The first-order valence-electron chi connectivity index (χ1n) is 9.96. The molecule has 0 atom stereocenters. The van der Waals surface area contributed by atoms with E-state index in [-0.39, 0.29) is 16.5 Å². The van der Waals surface area contributed by atoms with Gasteiger partial charge < -0.3 is 10.2 Å². The Labute approximate surface area is 179 Å². The van der Waals surface area contributed by atoms with Crippen molar-refractivity contribution in [2.45, 2.75) is 30.3 Å². The van der Waals surface area contributed by atoms with Crippen LogP contribution < -0.4 is 10.0 Å². The van der Waals surface area contributed by atoms with Crippen LogP contribution in [0.2, 0.25) is 0 Å². The van der Waals surface area contributed by atoms with Crippen molar-refractivity contribution >= 4 is 21.6 Å². The predicted octanol–water partition coefficient (Wildman–Crippen LogP) is 3.72. The number of piperidine rings is 1. The van der Waals surface area contributed by atoms with E-state index >= 15 is 0 Å². The highest BCUT2D eigenvalue weighted by atomic mass is 32.2. The van der Waals surface area contributed by atoms with Gasteiger partial charge in [-0.3, -0.25) is 9.52 Å². The molecule has 1 heterocycles. The van der Waals surface area contributed by atoms with E-state index in [1.165, 1.54) is 49.6 Å². The average Bonchev–Trinajstić information content (AvgIpc) is 2.74. The smallest absolute Gasteiger partial charge is 0.351 e. The van der Waals surface area contributed by atoms with Crippen molar-refractivity contribution in [1.82, 2.24) is 10.2 Å². The molecule has 1 aliphatic heterocycles. The molecule has 6 nitrogen and oxygen atoms in total.